The second-order valence-electron chi connectivity index (χ2n) is 5.27. The highest BCUT2D eigenvalue weighted by Crippen LogP contribution is 2.19. The van der Waals surface area contributed by atoms with E-state index in [0.29, 0.717) is 0 Å². The normalized spacial score (nSPS) is 20.1. The van der Waals surface area contributed by atoms with Gasteiger partial charge in [0.2, 0.25) is 0 Å². The van der Waals surface area contributed by atoms with Gasteiger partial charge in [0, 0.05) is 38.4 Å². The van der Waals surface area contributed by atoms with Crippen LogP contribution in [0.4, 0.5) is 5.69 Å². The van der Waals surface area contributed by atoms with Gasteiger partial charge < -0.3 is 15.0 Å². The van der Waals surface area contributed by atoms with Gasteiger partial charge in [-0.25, -0.2) is 0 Å². The fourth-order valence-corrected chi connectivity index (χ4v) is 2.57. The number of nitrogens with zero attached hydrogens (tertiary/aromatic N) is 2. The highest BCUT2D eigenvalue weighted by Gasteiger charge is 2.13. The second kappa shape index (κ2) is 6.26. The van der Waals surface area contributed by atoms with E-state index in [1.807, 2.05) is 0 Å². The van der Waals surface area contributed by atoms with Crippen LogP contribution < -0.4 is 15.0 Å². The predicted molar refractivity (Wildman–Crippen MR) is 78.1 cm³/mol. The minimum Gasteiger partial charge on any atom is -0.492 e. The molecule has 2 aliphatic heterocycles. The fraction of sp³-hybridized carbons (Fsp3) is 0.600. The molecule has 0 aromatic heterocycles. The van der Waals surface area contributed by atoms with Gasteiger partial charge in [-0.15, -0.1) is 0 Å². The topological polar surface area (TPSA) is 27.7 Å². The molecule has 2 heterocycles. The van der Waals surface area contributed by atoms with Gasteiger partial charge in [-0.2, -0.15) is 0 Å². The van der Waals surface area contributed by atoms with Gasteiger partial charge in [-0.05, 0) is 43.8 Å². The molecule has 0 spiro atoms. The lowest BCUT2D eigenvalue weighted by Gasteiger charge is -2.30. The lowest BCUT2D eigenvalue weighted by molar-refractivity contribution is 0.147. The van der Waals surface area contributed by atoms with Crippen molar-refractivity contribution in [2.75, 3.05) is 57.3 Å². The summed E-state index contributed by atoms with van der Waals surface area (Å²) in [7, 11) is 0. The van der Waals surface area contributed by atoms with Crippen molar-refractivity contribution < 1.29 is 4.74 Å². The summed E-state index contributed by atoms with van der Waals surface area (Å²) in [6, 6.07) is 8.52. The standard InChI is InChI=1S/C15H23N3O/c1-8-17(9-1)12-13-19-15-4-2-14(3-5-15)18-10-6-16-7-11-18/h2-5,16H,1,6-13H2. The van der Waals surface area contributed by atoms with E-state index in [4.69, 9.17) is 4.74 Å². The third-order valence-corrected chi connectivity index (χ3v) is 3.94. The van der Waals surface area contributed by atoms with E-state index in [1.54, 1.807) is 0 Å². The molecule has 0 bridgehead atoms. The summed E-state index contributed by atoms with van der Waals surface area (Å²) >= 11 is 0. The molecule has 0 unspecified atom stereocenters. The molecule has 1 aromatic rings. The van der Waals surface area contributed by atoms with E-state index in [0.717, 1.165) is 45.1 Å². The average molecular weight is 261 g/mol. The highest BCUT2D eigenvalue weighted by molar-refractivity contribution is 5.49. The third kappa shape index (κ3) is 3.39. The van der Waals surface area contributed by atoms with Crippen LogP contribution in [0.2, 0.25) is 0 Å². The maximum absolute atomic E-state index is 5.78. The molecule has 19 heavy (non-hydrogen) atoms. The summed E-state index contributed by atoms with van der Waals surface area (Å²) in [5.41, 5.74) is 1.30. The van der Waals surface area contributed by atoms with Gasteiger partial charge in [0.15, 0.2) is 0 Å². The molecule has 0 radical (unpaired) electrons. The Hall–Kier alpha value is -1.26. The molecular weight excluding hydrogens is 238 g/mol. The van der Waals surface area contributed by atoms with Gasteiger partial charge in [0.05, 0.1) is 0 Å². The molecule has 0 aliphatic carbocycles. The largest absolute Gasteiger partial charge is 0.492 e. The van der Waals surface area contributed by atoms with Gasteiger partial charge in [-0.3, -0.25) is 4.90 Å². The van der Waals surface area contributed by atoms with Crippen molar-refractivity contribution in [1.82, 2.24) is 10.2 Å². The summed E-state index contributed by atoms with van der Waals surface area (Å²) in [6.07, 6.45) is 1.35. The molecule has 0 saturated carbocycles. The third-order valence-electron chi connectivity index (χ3n) is 3.94. The molecule has 2 saturated heterocycles. The molecule has 2 fully saturated rings. The number of anilines is 1. The monoisotopic (exact) mass is 261 g/mol. The first-order chi connectivity index (χ1) is 9.42. The lowest BCUT2D eigenvalue weighted by Crippen LogP contribution is -2.43. The lowest BCUT2D eigenvalue weighted by atomic mass is 10.2. The Kier molecular flexibility index (Phi) is 4.20. The van der Waals surface area contributed by atoms with Crippen LogP contribution >= 0.6 is 0 Å². The quantitative estimate of drug-likeness (QED) is 0.861. The summed E-state index contributed by atoms with van der Waals surface area (Å²) in [5.74, 6) is 0.986. The van der Waals surface area contributed by atoms with Crippen LogP contribution in [0.3, 0.4) is 0 Å². The maximum Gasteiger partial charge on any atom is 0.119 e. The molecule has 4 heteroatoms. The van der Waals surface area contributed by atoms with Crippen LogP contribution in [-0.4, -0.2) is 57.3 Å². The van der Waals surface area contributed by atoms with Crippen molar-refractivity contribution >= 4 is 5.69 Å². The Morgan fingerprint density at radius 3 is 2.37 bits per heavy atom. The van der Waals surface area contributed by atoms with E-state index in [9.17, 15) is 0 Å². The van der Waals surface area contributed by atoms with Crippen molar-refractivity contribution in [3.05, 3.63) is 24.3 Å². The number of nitrogens with one attached hydrogen (secondary N) is 1. The molecule has 4 nitrogen and oxygen atoms in total. The van der Waals surface area contributed by atoms with Crippen LogP contribution in [-0.2, 0) is 0 Å². The first-order valence-corrected chi connectivity index (χ1v) is 7.33. The Labute approximate surface area is 115 Å². The average Bonchev–Trinajstić information content (AvgIpc) is 2.43. The van der Waals surface area contributed by atoms with Gasteiger partial charge in [0.1, 0.15) is 12.4 Å². The predicted octanol–water partition coefficient (Wildman–Crippen LogP) is 1.18. The van der Waals surface area contributed by atoms with Gasteiger partial charge in [0.25, 0.3) is 0 Å². The minimum atomic E-state index is 0.799. The number of benzene rings is 1. The Morgan fingerprint density at radius 1 is 1.00 bits per heavy atom. The first-order valence-electron chi connectivity index (χ1n) is 7.33. The van der Waals surface area contributed by atoms with Crippen molar-refractivity contribution in [2.45, 2.75) is 6.42 Å². The number of likely N-dealkylation sites (tertiary alicyclic amines) is 1. The summed E-state index contributed by atoms with van der Waals surface area (Å²) in [6.45, 7) is 8.68. The highest BCUT2D eigenvalue weighted by atomic mass is 16.5. The number of piperazine rings is 1. The van der Waals surface area contributed by atoms with Crippen molar-refractivity contribution in [1.29, 1.82) is 0 Å². The molecule has 2 aliphatic rings. The fourth-order valence-electron chi connectivity index (χ4n) is 2.57. The molecular formula is C15H23N3O. The summed E-state index contributed by atoms with van der Waals surface area (Å²) in [5, 5.41) is 3.37. The zero-order valence-electron chi connectivity index (χ0n) is 11.5. The Bertz CT molecular complexity index is 383. The second-order valence-corrected chi connectivity index (χ2v) is 5.27. The van der Waals surface area contributed by atoms with Crippen LogP contribution in [0.15, 0.2) is 24.3 Å². The number of hydrogen-bond donors (Lipinski definition) is 1. The zero-order valence-corrected chi connectivity index (χ0v) is 11.5. The van der Waals surface area contributed by atoms with Crippen molar-refractivity contribution in [2.24, 2.45) is 0 Å². The minimum absolute atomic E-state index is 0.799. The SMILES string of the molecule is c1cc(N2CCNCC2)ccc1OCCN1CCC1. The van der Waals surface area contributed by atoms with Gasteiger partial charge >= 0.3 is 0 Å². The molecule has 1 N–H and O–H groups in total. The molecule has 0 amide bonds. The molecule has 0 atom stereocenters. The number of rotatable bonds is 5. The van der Waals surface area contributed by atoms with Crippen molar-refractivity contribution in [3.8, 4) is 5.75 Å². The van der Waals surface area contributed by atoms with Gasteiger partial charge in [-0.1, -0.05) is 0 Å². The number of ether oxygens (including phenoxy) is 1. The smallest absolute Gasteiger partial charge is 0.119 e. The molecule has 104 valence electrons. The summed E-state index contributed by atoms with van der Waals surface area (Å²) in [4.78, 5) is 4.84. The zero-order chi connectivity index (χ0) is 12.9. The molecule has 1 aromatic carbocycles. The van der Waals surface area contributed by atoms with Crippen LogP contribution in [0.25, 0.3) is 0 Å². The van der Waals surface area contributed by atoms with E-state index in [-0.39, 0.29) is 0 Å². The van der Waals surface area contributed by atoms with E-state index in [1.165, 1.54) is 25.2 Å². The first kappa shape index (κ1) is 12.8. The summed E-state index contributed by atoms with van der Waals surface area (Å²) < 4.78 is 5.78. The number of hydrogen-bond acceptors (Lipinski definition) is 4. The van der Waals surface area contributed by atoms with Crippen LogP contribution in [0.5, 0.6) is 5.75 Å². The van der Waals surface area contributed by atoms with E-state index < -0.39 is 0 Å². The Balaban J connectivity index is 1.47. The Morgan fingerprint density at radius 2 is 1.74 bits per heavy atom. The van der Waals surface area contributed by atoms with E-state index >= 15 is 0 Å². The van der Waals surface area contributed by atoms with Crippen molar-refractivity contribution in [3.63, 3.8) is 0 Å². The van der Waals surface area contributed by atoms with Crippen LogP contribution in [0, 0.1) is 0 Å². The van der Waals surface area contributed by atoms with Crippen LogP contribution in [0.1, 0.15) is 6.42 Å². The van der Waals surface area contributed by atoms with E-state index in [2.05, 4.69) is 39.4 Å². The molecule has 3 rings (SSSR count). The maximum atomic E-state index is 5.78.